The number of nitrogens with one attached hydrogen (secondary N) is 2. The monoisotopic (exact) mass is 290 g/mol. The quantitative estimate of drug-likeness (QED) is 0.746. The van der Waals surface area contributed by atoms with E-state index in [2.05, 4.69) is 15.6 Å². The number of aryl methyl sites for hydroxylation is 1. The van der Waals surface area contributed by atoms with Crippen molar-refractivity contribution in [2.45, 2.75) is 13.0 Å². The molecule has 0 aliphatic carbocycles. The Morgan fingerprint density at radius 2 is 2.19 bits per heavy atom. The van der Waals surface area contributed by atoms with Crippen molar-refractivity contribution in [1.82, 2.24) is 20.2 Å². The van der Waals surface area contributed by atoms with Crippen LogP contribution in [0.15, 0.2) is 24.3 Å². The molecule has 6 heteroatoms. The number of para-hydroxylation sites is 2. The van der Waals surface area contributed by atoms with Gasteiger partial charge in [-0.25, -0.2) is 4.98 Å². The molecule has 6 nitrogen and oxygen atoms in total. The molecule has 2 N–H and O–H groups in total. The first-order valence-corrected chi connectivity index (χ1v) is 7.04. The SMILES string of the molecule is COCCNCC(=O)NC(C)c1nc2ccccc2n1C. The predicted octanol–water partition coefficient (Wildman–Crippen LogP) is 0.986. The van der Waals surface area contributed by atoms with E-state index in [0.717, 1.165) is 16.9 Å². The van der Waals surface area contributed by atoms with Crippen LogP contribution >= 0.6 is 0 Å². The lowest BCUT2D eigenvalue weighted by Crippen LogP contribution is -2.37. The third-order valence-corrected chi connectivity index (χ3v) is 3.36. The van der Waals surface area contributed by atoms with Crippen LogP contribution < -0.4 is 10.6 Å². The molecule has 114 valence electrons. The van der Waals surface area contributed by atoms with Crippen LogP contribution in [-0.4, -0.2) is 42.3 Å². The Kier molecular flexibility index (Phi) is 5.30. The number of amides is 1. The molecule has 2 rings (SSSR count). The molecule has 0 fully saturated rings. The topological polar surface area (TPSA) is 68.2 Å². The summed E-state index contributed by atoms with van der Waals surface area (Å²) in [5.74, 6) is 0.798. The van der Waals surface area contributed by atoms with Gasteiger partial charge in [0.15, 0.2) is 0 Å². The maximum atomic E-state index is 11.9. The van der Waals surface area contributed by atoms with E-state index in [-0.39, 0.29) is 18.5 Å². The highest BCUT2D eigenvalue weighted by Crippen LogP contribution is 2.18. The van der Waals surface area contributed by atoms with Gasteiger partial charge in [0.2, 0.25) is 5.91 Å². The summed E-state index contributed by atoms with van der Waals surface area (Å²) in [4.78, 5) is 16.4. The van der Waals surface area contributed by atoms with Crippen molar-refractivity contribution in [3.63, 3.8) is 0 Å². The first kappa shape index (κ1) is 15.5. The van der Waals surface area contributed by atoms with Crippen LogP contribution in [0.1, 0.15) is 18.8 Å². The number of methoxy groups -OCH3 is 1. The summed E-state index contributed by atoms with van der Waals surface area (Å²) in [7, 11) is 3.60. The number of hydrogen-bond acceptors (Lipinski definition) is 4. The van der Waals surface area contributed by atoms with Crippen LogP contribution in [0.2, 0.25) is 0 Å². The van der Waals surface area contributed by atoms with Gasteiger partial charge in [0.05, 0.1) is 30.2 Å². The number of nitrogens with zero attached hydrogens (tertiary/aromatic N) is 2. The molecular formula is C15H22N4O2. The number of imidazole rings is 1. The summed E-state index contributed by atoms with van der Waals surface area (Å²) >= 11 is 0. The molecule has 1 amide bonds. The minimum absolute atomic E-state index is 0.0503. The van der Waals surface area contributed by atoms with E-state index in [0.29, 0.717) is 13.2 Å². The minimum Gasteiger partial charge on any atom is -0.383 e. The third-order valence-electron chi connectivity index (χ3n) is 3.36. The Morgan fingerprint density at radius 3 is 2.90 bits per heavy atom. The van der Waals surface area contributed by atoms with E-state index < -0.39 is 0 Å². The molecule has 1 atom stereocenters. The van der Waals surface area contributed by atoms with Gasteiger partial charge < -0.3 is 19.9 Å². The number of fused-ring (bicyclic) bond motifs is 1. The zero-order valence-electron chi connectivity index (χ0n) is 12.7. The summed E-state index contributed by atoms with van der Waals surface area (Å²) in [5.41, 5.74) is 2.00. The van der Waals surface area contributed by atoms with E-state index >= 15 is 0 Å². The van der Waals surface area contributed by atoms with Gasteiger partial charge in [0, 0.05) is 20.7 Å². The number of hydrogen-bond donors (Lipinski definition) is 2. The molecule has 0 spiro atoms. The minimum atomic E-state index is -0.140. The average molecular weight is 290 g/mol. The lowest BCUT2D eigenvalue weighted by Gasteiger charge is -2.14. The second kappa shape index (κ2) is 7.19. The fraction of sp³-hybridized carbons (Fsp3) is 0.467. The molecule has 0 saturated carbocycles. The summed E-state index contributed by atoms with van der Waals surface area (Å²) < 4.78 is 6.93. The van der Waals surface area contributed by atoms with Crippen molar-refractivity contribution in [1.29, 1.82) is 0 Å². The molecule has 0 bridgehead atoms. The predicted molar refractivity (Wildman–Crippen MR) is 82.0 cm³/mol. The lowest BCUT2D eigenvalue weighted by atomic mass is 10.3. The fourth-order valence-corrected chi connectivity index (χ4v) is 2.28. The van der Waals surface area contributed by atoms with Gasteiger partial charge in [0.1, 0.15) is 5.82 Å². The van der Waals surface area contributed by atoms with Crippen LogP contribution in [0, 0.1) is 0 Å². The summed E-state index contributed by atoms with van der Waals surface area (Å²) in [6, 6.07) is 7.80. The number of rotatable bonds is 7. The van der Waals surface area contributed by atoms with Crippen molar-refractivity contribution < 1.29 is 9.53 Å². The molecule has 21 heavy (non-hydrogen) atoms. The molecule has 0 radical (unpaired) electrons. The van der Waals surface area contributed by atoms with Gasteiger partial charge in [-0.1, -0.05) is 12.1 Å². The highest BCUT2D eigenvalue weighted by Gasteiger charge is 2.15. The van der Waals surface area contributed by atoms with Gasteiger partial charge in [0.25, 0.3) is 0 Å². The number of ether oxygens (including phenoxy) is 1. The molecule has 1 unspecified atom stereocenters. The Bertz CT molecular complexity index is 609. The van der Waals surface area contributed by atoms with E-state index in [1.54, 1.807) is 7.11 Å². The smallest absolute Gasteiger partial charge is 0.234 e. The normalized spacial score (nSPS) is 12.5. The first-order chi connectivity index (χ1) is 10.1. The van der Waals surface area contributed by atoms with Crippen LogP contribution in [0.5, 0.6) is 0 Å². The highest BCUT2D eigenvalue weighted by molar-refractivity contribution is 5.79. The largest absolute Gasteiger partial charge is 0.383 e. The second-order valence-electron chi connectivity index (χ2n) is 4.98. The van der Waals surface area contributed by atoms with Crippen molar-refractivity contribution in [2.24, 2.45) is 7.05 Å². The number of benzene rings is 1. The molecule has 1 aromatic carbocycles. The van der Waals surface area contributed by atoms with Crippen LogP contribution in [0.25, 0.3) is 11.0 Å². The van der Waals surface area contributed by atoms with Gasteiger partial charge in [-0.2, -0.15) is 0 Å². The van der Waals surface area contributed by atoms with Crippen LogP contribution in [0.3, 0.4) is 0 Å². The lowest BCUT2D eigenvalue weighted by molar-refractivity contribution is -0.120. The van der Waals surface area contributed by atoms with E-state index in [9.17, 15) is 4.79 Å². The Labute approximate surface area is 124 Å². The van der Waals surface area contributed by atoms with Gasteiger partial charge in [-0.15, -0.1) is 0 Å². The average Bonchev–Trinajstić information content (AvgIpc) is 2.81. The third kappa shape index (κ3) is 3.80. The fourth-order valence-electron chi connectivity index (χ4n) is 2.28. The Hall–Kier alpha value is -1.92. The van der Waals surface area contributed by atoms with E-state index in [1.165, 1.54) is 0 Å². The standard InChI is InChI=1S/C15H22N4O2/c1-11(17-14(20)10-16-8-9-21-3)15-18-12-6-4-5-7-13(12)19(15)2/h4-7,11,16H,8-10H2,1-3H3,(H,17,20). The molecule has 0 saturated heterocycles. The number of aromatic nitrogens is 2. The Morgan fingerprint density at radius 1 is 1.43 bits per heavy atom. The van der Waals surface area contributed by atoms with E-state index in [1.807, 2.05) is 42.8 Å². The maximum Gasteiger partial charge on any atom is 0.234 e. The number of carbonyl (C=O) groups is 1. The van der Waals surface area contributed by atoms with Crippen molar-refractivity contribution in [3.05, 3.63) is 30.1 Å². The molecule has 0 aliphatic heterocycles. The first-order valence-electron chi connectivity index (χ1n) is 7.04. The number of carbonyl (C=O) groups excluding carboxylic acids is 1. The van der Waals surface area contributed by atoms with Gasteiger partial charge in [-0.3, -0.25) is 4.79 Å². The zero-order chi connectivity index (χ0) is 15.2. The van der Waals surface area contributed by atoms with Crippen molar-refractivity contribution >= 4 is 16.9 Å². The summed E-state index contributed by atoms with van der Waals surface area (Å²) in [6.45, 7) is 3.46. The van der Waals surface area contributed by atoms with Crippen LogP contribution in [-0.2, 0) is 16.6 Å². The van der Waals surface area contributed by atoms with Gasteiger partial charge >= 0.3 is 0 Å². The molecule has 1 aromatic heterocycles. The molecule has 1 heterocycles. The maximum absolute atomic E-state index is 11.9. The summed E-state index contributed by atoms with van der Waals surface area (Å²) in [5, 5.41) is 5.97. The molecule has 2 aromatic rings. The van der Waals surface area contributed by atoms with E-state index in [4.69, 9.17) is 4.74 Å². The Balaban J connectivity index is 1.97. The molecular weight excluding hydrogens is 268 g/mol. The second-order valence-corrected chi connectivity index (χ2v) is 4.98. The molecule has 0 aliphatic rings. The highest BCUT2D eigenvalue weighted by atomic mass is 16.5. The van der Waals surface area contributed by atoms with Crippen molar-refractivity contribution in [2.75, 3.05) is 26.8 Å². The zero-order valence-corrected chi connectivity index (χ0v) is 12.7. The van der Waals surface area contributed by atoms with Gasteiger partial charge in [-0.05, 0) is 19.1 Å². The van der Waals surface area contributed by atoms with Crippen LogP contribution in [0.4, 0.5) is 0 Å². The van der Waals surface area contributed by atoms with Crippen molar-refractivity contribution in [3.8, 4) is 0 Å². The summed E-state index contributed by atoms with van der Waals surface area (Å²) in [6.07, 6.45) is 0.